The molecular formula is C25H34ClN3O4S. The number of aryl methyl sites for hydroxylation is 2. The quantitative estimate of drug-likeness (QED) is 0.525. The van der Waals surface area contributed by atoms with Crippen molar-refractivity contribution in [3.8, 4) is 0 Å². The molecule has 0 saturated heterocycles. The van der Waals surface area contributed by atoms with Gasteiger partial charge in [0.05, 0.1) is 11.9 Å². The third-order valence-electron chi connectivity index (χ3n) is 5.48. The molecular weight excluding hydrogens is 474 g/mol. The Morgan fingerprint density at radius 1 is 1.03 bits per heavy atom. The molecule has 2 amide bonds. The fourth-order valence-corrected chi connectivity index (χ4v) is 5.05. The Hall–Kier alpha value is -2.58. The van der Waals surface area contributed by atoms with Gasteiger partial charge in [-0.15, -0.1) is 0 Å². The molecule has 1 atom stereocenters. The van der Waals surface area contributed by atoms with Gasteiger partial charge in [0.2, 0.25) is 21.8 Å². The Bertz CT molecular complexity index is 1110. The summed E-state index contributed by atoms with van der Waals surface area (Å²) < 4.78 is 26.7. The number of carbonyl (C=O) groups is 2. The van der Waals surface area contributed by atoms with Crippen molar-refractivity contribution >= 4 is 39.1 Å². The zero-order valence-electron chi connectivity index (χ0n) is 20.6. The molecule has 1 N–H and O–H groups in total. The second-order valence-corrected chi connectivity index (χ2v) is 11.0. The van der Waals surface area contributed by atoms with E-state index in [9.17, 15) is 18.0 Å². The van der Waals surface area contributed by atoms with E-state index in [0.717, 1.165) is 21.7 Å². The van der Waals surface area contributed by atoms with Crippen molar-refractivity contribution in [3.63, 3.8) is 0 Å². The van der Waals surface area contributed by atoms with E-state index in [1.165, 1.54) is 4.90 Å². The number of hydrogen-bond acceptors (Lipinski definition) is 4. The second kappa shape index (κ2) is 11.7. The first-order valence-electron chi connectivity index (χ1n) is 11.2. The average molecular weight is 508 g/mol. The molecule has 0 heterocycles. The highest BCUT2D eigenvalue weighted by molar-refractivity contribution is 7.92. The standard InChI is InChI=1S/C25H34ClN3O4S/c1-7-22(25(31)27-17(2)3)28(15-20-13-8-9-14-21(20)26)23(30)16-29(34(6,32)33)24-18(4)11-10-12-19(24)5/h8-14,17,22H,7,15-16H2,1-6H3,(H,27,31). The number of hydrogen-bond donors (Lipinski definition) is 1. The average Bonchev–Trinajstić information content (AvgIpc) is 2.72. The molecule has 186 valence electrons. The molecule has 0 fully saturated rings. The highest BCUT2D eigenvalue weighted by Crippen LogP contribution is 2.27. The van der Waals surface area contributed by atoms with E-state index >= 15 is 0 Å². The summed E-state index contributed by atoms with van der Waals surface area (Å²) in [6.07, 6.45) is 1.43. The summed E-state index contributed by atoms with van der Waals surface area (Å²) in [6.45, 7) is 8.76. The van der Waals surface area contributed by atoms with Gasteiger partial charge in [-0.2, -0.15) is 0 Å². The molecule has 0 spiro atoms. The van der Waals surface area contributed by atoms with Crippen molar-refractivity contribution in [2.24, 2.45) is 0 Å². The van der Waals surface area contributed by atoms with Crippen molar-refractivity contribution in [3.05, 3.63) is 64.2 Å². The molecule has 1 unspecified atom stereocenters. The van der Waals surface area contributed by atoms with Crippen LogP contribution in [0.5, 0.6) is 0 Å². The zero-order chi connectivity index (χ0) is 25.6. The lowest BCUT2D eigenvalue weighted by Gasteiger charge is -2.34. The monoisotopic (exact) mass is 507 g/mol. The van der Waals surface area contributed by atoms with Crippen LogP contribution in [0.15, 0.2) is 42.5 Å². The molecule has 34 heavy (non-hydrogen) atoms. The maximum Gasteiger partial charge on any atom is 0.244 e. The van der Waals surface area contributed by atoms with E-state index in [2.05, 4.69) is 5.32 Å². The van der Waals surface area contributed by atoms with Gasteiger partial charge in [-0.1, -0.05) is 54.9 Å². The largest absolute Gasteiger partial charge is 0.352 e. The van der Waals surface area contributed by atoms with Crippen molar-refractivity contribution in [2.45, 2.75) is 59.7 Å². The first kappa shape index (κ1) is 27.7. The minimum Gasteiger partial charge on any atom is -0.352 e. The lowest BCUT2D eigenvalue weighted by Crippen LogP contribution is -2.53. The number of halogens is 1. The SMILES string of the molecule is CCC(C(=O)NC(C)C)N(Cc1ccccc1Cl)C(=O)CN(c1c(C)cccc1C)S(C)(=O)=O. The molecule has 2 rings (SSSR count). The van der Waals surface area contributed by atoms with Crippen LogP contribution < -0.4 is 9.62 Å². The highest BCUT2D eigenvalue weighted by atomic mass is 35.5. The molecule has 2 aromatic carbocycles. The fourth-order valence-electron chi connectivity index (χ4n) is 3.89. The van der Waals surface area contributed by atoms with E-state index in [-0.39, 0.29) is 18.5 Å². The van der Waals surface area contributed by atoms with Gasteiger partial charge in [0.15, 0.2) is 0 Å². The van der Waals surface area contributed by atoms with Crippen molar-refractivity contribution in [1.29, 1.82) is 0 Å². The predicted molar refractivity (Wildman–Crippen MR) is 137 cm³/mol. The van der Waals surface area contributed by atoms with E-state index < -0.39 is 28.5 Å². The lowest BCUT2D eigenvalue weighted by molar-refractivity contribution is -0.140. The number of anilines is 1. The Morgan fingerprint density at radius 3 is 2.12 bits per heavy atom. The van der Waals surface area contributed by atoms with Gasteiger partial charge in [0.25, 0.3) is 0 Å². The van der Waals surface area contributed by atoms with E-state index in [0.29, 0.717) is 22.7 Å². The number of carbonyl (C=O) groups excluding carboxylic acids is 2. The van der Waals surface area contributed by atoms with Gasteiger partial charge >= 0.3 is 0 Å². The van der Waals surface area contributed by atoms with Gasteiger partial charge < -0.3 is 10.2 Å². The van der Waals surface area contributed by atoms with Crippen LogP contribution in [0.4, 0.5) is 5.69 Å². The van der Waals surface area contributed by atoms with Gasteiger partial charge in [-0.05, 0) is 56.9 Å². The van der Waals surface area contributed by atoms with Crippen LogP contribution in [0.3, 0.4) is 0 Å². The van der Waals surface area contributed by atoms with Crippen LogP contribution in [-0.2, 0) is 26.2 Å². The number of nitrogens with one attached hydrogen (secondary N) is 1. The molecule has 7 nitrogen and oxygen atoms in total. The Labute approximate surface area is 208 Å². The third-order valence-corrected chi connectivity index (χ3v) is 6.96. The lowest BCUT2D eigenvalue weighted by atomic mass is 10.1. The smallest absolute Gasteiger partial charge is 0.244 e. The Balaban J connectivity index is 2.52. The second-order valence-electron chi connectivity index (χ2n) is 8.71. The van der Waals surface area contributed by atoms with Crippen molar-refractivity contribution in [1.82, 2.24) is 10.2 Å². The first-order valence-corrected chi connectivity index (χ1v) is 13.5. The molecule has 0 aliphatic heterocycles. The number of rotatable bonds is 10. The van der Waals surface area contributed by atoms with E-state index in [1.807, 2.05) is 26.8 Å². The summed E-state index contributed by atoms with van der Waals surface area (Å²) in [5.41, 5.74) is 2.61. The van der Waals surface area contributed by atoms with Gasteiger partial charge in [-0.3, -0.25) is 13.9 Å². The number of benzene rings is 2. The maximum atomic E-state index is 13.7. The fraction of sp³-hybridized carbons (Fsp3) is 0.440. The van der Waals surface area contributed by atoms with Crippen LogP contribution in [-0.4, -0.2) is 50.0 Å². The van der Waals surface area contributed by atoms with Crippen LogP contribution in [0.25, 0.3) is 0 Å². The summed E-state index contributed by atoms with van der Waals surface area (Å²) in [4.78, 5) is 28.1. The summed E-state index contributed by atoms with van der Waals surface area (Å²) in [7, 11) is -3.79. The van der Waals surface area contributed by atoms with Crippen molar-refractivity contribution < 1.29 is 18.0 Å². The molecule has 9 heteroatoms. The maximum absolute atomic E-state index is 13.7. The van der Waals surface area contributed by atoms with E-state index in [4.69, 9.17) is 11.6 Å². The predicted octanol–water partition coefficient (Wildman–Crippen LogP) is 4.05. The van der Waals surface area contributed by atoms with Crippen LogP contribution in [0, 0.1) is 13.8 Å². The molecule has 2 aromatic rings. The molecule has 0 radical (unpaired) electrons. The number of para-hydroxylation sites is 1. The highest BCUT2D eigenvalue weighted by Gasteiger charge is 2.33. The number of nitrogens with zero attached hydrogens (tertiary/aromatic N) is 2. The van der Waals surface area contributed by atoms with E-state index in [1.54, 1.807) is 50.2 Å². The molecule has 0 saturated carbocycles. The zero-order valence-corrected chi connectivity index (χ0v) is 22.2. The molecule has 0 bridgehead atoms. The third kappa shape index (κ3) is 6.96. The van der Waals surface area contributed by atoms with Gasteiger partial charge in [-0.25, -0.2) is 8.42 Å². The molecule has 0 aromatic heterocycles. The normalized spacial score (nSPS) is 12.4. The van der Waals surface area contributed by atoms with Gasteiger partial charge in [0.1, 0.15) is 12.6 Å². The number of sulfonamides is 1. The molecule has 0 aliphatic rings. The first-order chi connectivity index (χ1) is 15.9. The summed E-state index contributed by atoms with van der Waals surface area (Å²) in [5, 5.41) is 3.33. The summed E-state index contributed by atoms with van der Waals surface area (Å²) >= 11 is 6.36. The molecule has 0 aliphatic carbocycles. The minimum absolute atomic E-state index is 0.0763. The summed E-state index contributed by atoms with van der Waals surface area (Å²) in [5.74, 6) is -0.783. The van der Waals surface area contributed by atoms with Gasteiger partial charge in [0, 0.05) is 17.6 Å². The Kier molecular flexibility index (Phi) is 9.53. The van der Waals surface area contributed by atoms with Crippen LogP contribution in [0.1, 0.15) is 43.9 Å². The van der Waals surface area contributed by atoms with Crippen LogP contribution in [0.2, 0.25) is 5.02 Å². The van der Waals surface area contributed by atoms with Crippen molar-refractivity contribution in [2.75, 3.05) is 17.1 Å². The number of amides is 2. The Morgan fingerprint density at radius 2 is 1.62 bits per heavy atom. The minimum atomic E-state index is -3.79. The van der Waals surface area contributed by atoms with Crippen LogP contribution >= 0.6 is 11.6 Å². The summed E-state index contributed by atoms with van der Waals surface area (Å²) in [6, 6.07) is 11.6. The topological polar surface area (TPSA) is 86.8 Å².